The zero-order valence-corrected chi connectivity index (χ0v) is 20.7. The zero-order valence-electron chi connectivity index (χ0n) is 19.1. The number of benzene rings is 2. The summed E-state index contributed by atoms with van der Waals surface area (Å²) in [6.45, 7) is 2.48. The molecule has 2 aromatic carbocycles. The van der Waals surface area contributed by atoms with E-state index in [1.165, 1.54) is 13.0 Å². The van der Waals surface area contributed by atoms with E-state index < -0.39 is 11.2 Å². The average molecular weight is 543 g/mol. The third-order valence-corrected chi connectivity index (χ3v) is 7.16. The highest BCUT2D eigenvalue weighted by Crippen LogP contribution is 2.37. The molecule has 4 rings (SSSR count). The van der Waals surface area contributed by atoms with Crippen LogP contribution < -0.4 is 0 Å². The van der Waals surface area contributed by atoms with Crippen molar-refractivity contribution < 1.29 is 23.8 Å². The lowest BCUT2D eigenvalue weighted by Crippen LogP contribution is -2.49. The molecule has 8 nitrogen and oxygen atoms in total. The fourth-order valence-electron chi connectivity index (χ4n) is 4.56. The highest BCUT2D eigenvalue weighted by atomic mass is 79.9. The van der Waals surface area contributed by atoms with E-state index in [4.69, 9.17) is 4.63 Å². The smallest absolute Gasteiger partial charge is 0.219 e. The molecule has 0 aliphatic carbocycles. The second kappa shape index (κ2) is 10.5. The number of aromatic nitrogens is 2. The van der Waals surface area contributed by atoms with Crippen LogP contribution in [0.5, 0.6) is 0 Å². The summed E-state index contributed by atoms with van der Waals surface area (Å²) in [6, 6.07) is 14.0. The molecule has 0 unspecified atom stereocenters. The highest BCUT2D eigenvalue weighted by Gasteiger charge is 2.43. The number of piperidine rings is 1. The van der Waals surface area contributed by atoms with Crippen LogP contribution in [0.4, 0.5) is 4.39 Å². The SMILES string of the molecule is CC(=O)N1CCC(C(=O)Cc2nonc2C(Cc2ccc(F)c(Br)c2)=NO)(c2ccccc2)CC1. The van der Waals surface area contributed by atoms with Crippen molar-refractivity contribution in [2.45, 2.75) is 38.0 Å². The van der Waals surface area contributed by atoms with Gasteiger partial charge in [0.2, 0.25) is 5.91 Å². The molecule has 0 atom stereocenters. The molecular formula is C25H24BrFN4O4. The summed E-state index contributed by atoms with van der Waals surface area (Å²) < 4.78 is 18.8. The number of nitrogens with zero attached hydrogens (tertiary/aromatic N) is 4. The molecular weight excluding hydrogens is 519 g/mol. The zero-order chi connectivity index (χ0) is 25.0. The van der Waals surface area contributed by atoms with Crippen molar-refractivity contribution in [3.05, 3.63) is 81.3 Å². The minimum atomic E-state index is -0.790. The number of Topliss-reactive ketones (excluding diaryl/α,β-unsaturated/α-hetero) is 1. The Kier molecular flexibility index (Phi) is 7.39. The van der Waals surface area contributed by atoms with Gasteiger partial charge in [-0.2, -0.15) is 0 Å². The van der Waals surface area contributed by atoms with Gasteiger partial charge in [-0.1, -0.05) is 46.7 Å². The molecule has 0 bridgehead atoms. The van der Waals surface area contributed by atoms with Crippen LogP contribution in [-0.4, -0.2) is 50.9 Å². The lowest BCUT2D eigenvalue weighted by Gasteiger charge is -2.41. The number of amides is 1. The maximum atomic E-state index is 13.8. The molecule has 1 fully saturated rings. The van der Waals surface area contributed by atoms with Gasteiger partial charge in [0.15, 0.2) is 5.69 Å². The molecule has 1 amide bonds. The molecule has 1 aliphatic rings. The van der Waals surface area contributed by atoms with Gasteiger partial charge in [0, 0.05) is 26.4 Å². The van der Waals surface area contributed by atoms with Crippen LogP contribution in [-0.2, 0) is 27.8 Å². The molecule has 35 heavy (non-hydrogen) atoms. The molecule has 2 heterocycles. The summed E-state index contributed by atoms with van der Waals surface area (Å²) in [5, 5.41) is 20.8. The largest absolute Gasteiger partial charge is 0.411 e. The first kappa shape index (κ1) is 24.7. The van der Waals surface area contributed by atoms with Gasteiger partial charge in [0.1, 0.15) is 23.0 Å². The Morgan fingerprint density at radius 1 is 1.14 bits per heavy atom. The Hall–Kier alpha value is -3.40. The molecule has 0 saturated carbocycles. The topological polar surface area (TPSA) is 109 Å². The molecule has 1 saturated heterocycles. The van der Waals surface area contributed by atoms with E-state index in [1.54, 1.807) is 17.0 Å². The van der Waals surface area contributed by atoms with E-state index >= 15 is 0 Å². The van der Waals surface area contributed by atoms with E-state index in [0.29, 0.717) is 31.5 Å². The first-order chi connectivity index (χ1) is 16.8. The number of oxime groups is 1. The summed E-state index contributed by atoms with van der Waals surface area (Å²) in [5.74, 6) is -0.503. The minimum absolute atomic E-state index is 0.0154. The van der Waals surface area contributed by atoms with Crippen LogP contribution in [0.2, 0.25) is 0 Å². The van der Waals surface area contributed by atoms with E-state index in [1.807, 2.05) is 30.3 Å². The number of hydrogen-bond donors (Lipinski definition) is 1. The van der Waals surface area contributed by atoms with Crippen molar-refractivity contribution >= 4 is 33.3 Å². The summed E-state index contributed by atoms with van der Waals surface area (Å²) >= 11 is 3.15. The van der Waals surface area contributed by atoms with Crippen molar-refractivity contribution in [3.63, 3.8) is 0 Å². The van der Waals surface area contributed by atoms with Crippen LogP contribution in [0.15, 0.2) is 62.8 Å². The number of rotatable bonds is 7. The van der Waals surface area contributed by atoms with Crippen LogP contribution in [0.3, 0.4) is 0 Å². The lowest BCUT2D eigenvalue weighted by molar-refractivity contribution is -0.134. The van der Waals surface area contributed by atoms with Crippen LogP contribution in [0, 0.1) is 5.82 Å². The number of ketones is 1. The van der Waals surface area contributed by atoms with Crippen molar-refractivity contribution in [2.24, 2.45) is 5.16 Å². The first-order valence-electron chi connectivity index (χ1n) is 11.1. The summed E-state index contributed by atoms with van der Waals surface area (Å²) in [4.78, 5) is 27.4. The van der Waals surface area contributed by atoms with Gasteiger partial charge in [-0.15, -0.1) is 0 Å². The fourth-order valence-corrected chi connectivity index (χ4v) is 4.99. The van der Waals surface area contributed by atoms with Crippen molar-refractivity contribution in [2.75, 3.05) is 13.1 Å². The fraction of sp³-hybridized carbons (Fsp3) is 0.320. The summed E-state index contributed by atoms with van der Waals surface area (Å²) in [5.41, 5.74) is 1.34. The molecule has 3 aromatic rings. The maximum Gasteiger partial charge on any atom is 0.219 e. The van der Waals surface area contributed by atoms with Gasteiger partial charge < -0.3 is 10.1 Å². The molecule has 0 radical (unpaired) electrons. The Balaban J connectivity index is 1.60. The molecule has 1 aromatic heterocycles. The summed E-state index contributed by atoms with van der Waals surface area (Å²) in [6.07, 6.45) is 1.02. The molecule has 10 heteroatoms. The van der Waals surface area contributed by atoms with Gasteiger partial charge in [0.05, 0.1) is 16.3 Å². The normalized spacial score (nSPS) is 15.7. The van der Waals surface area contributed by atoms with Gasteiger partial charge in [0.25, 0.3) is 0 Å². The van der Waals surface area contributed by atoms with Crippen molar-refractivity contribution in [3.8, 4) is 0 Å². The number of carbonyl (C=O) groups is 2. The van der Waals surface area contributed by atoms with Crippen LogP contribution in [0.25, 0.3) is 0 Å². The van der Waals surface area contributed by atoms with Gasteiger partial charge >= 0.3 is 0 Å². The number of hydrogen-bond acceptors (Lipinski definition) is 7. The monoisotopic (exact) mass is 542 g/mol. The quantitative estimate of drug-likeness (QED) is 0.273. The second-order valence-electron chi connectivity index (χ2n) is 8.59. The number of likely N-dealkylation sites (tertiary alicyclic amines) is 1. The molecule has 182 valence electrons. The van der Waals surface area contributed by atoms with Gasteiger partial charge in [-0.3, -0.25) is 9.59 Å². The molecule has 1 N–H and O–H groups in total. The standard InChI is InChI=1S/C25H24BrFN4O4/c1-16(32)31-11-9-25(10-12-31,18-5-3-2-4-6-18)23(33)15-22-24(30-35-29-22)21(28-34)14-17-7-8-20(27)19(26)13-17/h2-8,13,34H,9-12,14-15H2,1H3. The predicted octanol–water partition coefficient (Wildman–Crippen LogP) is 4.08. The summed E-state index contributed by atoms with van der Waals surface area (Å²) in [7, 11) is 0. The Morgan fingerprint density at radius 3 is 2.49 bits per heavy atom. The van der Waals surface area contributed by atoms with E-state index in [-0.39, 0.29) is 46.1 Å². The Morgan fingerprint density at radius 2 is 1.86 bits per heavy atom. The average Bonchev–Trinajstić information content (AvgIpc) is 3.33. The van der Waals surface area contributed by atoms with Crippen molar-refractivity contribution in [1.82, 2.24) is 15.2 Å². The molecule has 0 spiro atoms. The lowest BCUT2D eigenvalue weighted by atomic mass is 9.68. The van der Waals surface area contributed by atoms with Crippen LogP contribution >= 0.6 is 15.9 Å². The van der Waals surface area contributed by atoms with Gasteiger partial charge in [-0.05, 0) is 57.2 Å². The Bertz CT molecular complexity index is 1250. The molecule has 1 aliphatic heterocycles. The Labute approximate surface area is 209 Å². The van der Waals surface area contributed by atoms with E-state index in [0.717, 1.165) is 5.56 Å². The van der Waals surface area contributed by atoms with Gasteiger partial charge in [-0.25, -0.2) is 9.02 Å². The number of halogens is 2. The van der Waals surface area contributed by atoms with E-state index in [2.05, 4.69) is 31.4 Å². The van der Waals surface area contributed by atoms with E-state index in [9.17, 15) is 19.2 Å². The minimum Gasteiger partial charge on any atom is -0.411 e. The maximum absolute atomic E-state index is 13.8. The first-order valence-corrected chi connectivity index (χ1v) is 11.9. The van der Waals surface area contributed by atoms with Crippen LogP contribution in [0.1, 0.15) is 42.3 Å². The second-order valence-corrected chi connectivity index (χ2v) is 9.44. The predicted molar refractivity (Wildman–Crippen MR) is 129 cm³/mol. The number of carbonyl (C=O) groups excluding carboxylic acids is 2. The highest BCUT2D eigenvalue weighted by molar-refractivity contribution is 9.10. The third-order valence-electron chi connectivity index (χ3n) is 6.56. The van der Waals surface area contributed by atoms with Crippen molar-refractivity contribution in [1.29, 1.82) is 0 Å². The third kappa shape index (κ3) is 5.17.